The van der Waals surface area contributed by atoms with E-state index < -0.39 is 11.7 Å². The normalized spacial score (nSPS) is 12.1. The minimum Gasteiger partial charge on any atom is -0.378 e. The van der Waals surface area contributed by atoms with E-state index in [1.54, 1.807) is 25.6 Å². The van der Waals surface area contributed by atoms with Gasteiger partial charge in [0.2, 0.25) is 0 Å². The molecule has 4 aromatic rings. The summed E-state index contributed by atoms with van der Waals surface area (Å²) in [6, 6.07) is 4.82. The second-order valence-electron chi connectivity index (χ2n) is 7.12. The van der Waals surface area contributed by atoms with Crippen LogP contribution in [0.1, 0.15) is 22.8 Å². The Labute approximate surface area is 174 Å². The van der Waals surface area contributed by atoms with E-state index in [4.69, 9.17) is 4.74 Å². The molecule has 8 nitrogen and oxygen atoms in total. The number of nitrogens with zero attached hydrogens (tertiary/aromatic N) is 5. The number of hydrogen-bond donors (Lipinski definition) is 1. The highest BCUT2D eigenvalue weighted by molar-refractivity contribution is 5.81. The second kappa shape index (κ2) is 7.34. The van der Waals surface area contributed by atoms with Gasteiger partial charge < -0.3 is 9.72 Å². The fourth-order valence-electron chi connectivity index (χ4n) is 3.65. The molecule has 0 saturated heterocycles. The fraction of sp³-hybridized carbons (Fsp3) is 0.300. The molecule has 0 radical (unpaired) electrons. The third-order valence-electron chi connectivity index (χ3n) is 4.90. The molecule has 0 bridgehead atoms. The molecule has 0 aliphatic rings. The van der Waals surface area contributed by atoms with Crippen LogP contribution in [0.3, 0.4) is 0 Å². The highest BCUT2D eigenvalue weighted by Crippen LogP contribution is 2.36. The number of nitrogens with one attached hydrogen (secondary N) is 1. The summed E-state index contributed by atoms with van der Waals surface area (Å²) < 4.78 is 47.2. The van der Waals surface area contributed by atoms with Gasteiger partial charge in [0, 0.05) is 19.7 Å². The molecule has 0 aliphatic carbocycles. The molecule has 0 unspecified atom stereocenters. The Bertz CT molecular complexity index is 1330. The molecule has 0 spiro atoms. The summed E-state index contributed by atoms with van der Waals surface area (Å²) in [4.78, 5) is 19.8. The van der Waals surface area contributed by atoms with Crippen molar-refractivity contribution in [3.8, 4) is 22.6 Å². The van der Waals surface area contributed by atoms with E-state index in [1.165, 1.54) is 23.8 Å². The molecule has 1 N–H and O–H groups in total. The SMILES string of the molecule is COCc1nc(-c2c(C)nn(C)c2-c2ccc(C(F)(F)F)cc2)n2nc(C)[nH]c(=O)c12. The number of alkyl halides is 3. The minimum absolute atomic E-state index is 0.0895. The number of hydrogen-bond acceptors (Lipinski definition) is 5. The average molecular weight is 432 g/mol. The van der Waals surface area contributed by atoms with Crippen LogP contribution in [0.5, 0.6) is 0 Å². The Balaban J connectivity index is 1.99. The molecule has 0 saturated carbocycles. The van der Waals surface area contributed by atoms with Gasteiger partial charge in [-0.15, -0.1) is 0 Å². The van der Waals surface area contributed by atoms with Gasteiger partial charge in [0.15, 0.2) is 11.3 Å². The molecule has 4 rings (SSSR count). The van der Waals surface area contributed by atoms with Crippen molar-refractivity contribution in [2.24, 2.45) is 7.05 Å². The lowest BCUT2D eigenvalue weighted by Crippen LogP contribution is -2.15. The molecule has 0 atom stereocenters. The summed E-state index contributed by atoms with van der Waals surface area (Å²) in [5.41, 5.74) is 1.77. The zero-order valence-electron chi connectivity index (χ0n) is 17.2. The van der Waals surface area contributed by atoms with Gasteiger partial charge in [-0.3, -0.25) is 9.48 Å². The third kappa shape index (κ3) is 3.50. The van der Waals surface area contributed by atoms with E-state index in [9.17, 15) is 18.0 Å². The van der Waals surface area contributed by atoms with Crippen molar-refractivity contribution >= 4 is 5.52 Å². The number of aromatic amines is 1. The zero-order chi connectivity index (χ0) is 22.5. The molecule has 3 heterocycles. The first-order valence-corrected chi connectivity index (χ1v) is 9.31. The predicted octanol–water partition coefficient (Wildman–Crippen LogP) is 3.27. The lowest BCUT2D eigenvalue weighted by atomic mass is 10.0. The summed E-state index contributed by atoms with van der Waals surface area (Å²) in [7, 11) is 3.18. The first kappa shape index (κ1) is 20.8. The van der Waals surface area contributed by atoms with Crippen molar-refractivity contribution in [3.63, 3.8) is 0 Å². The topological polar surface area (TPSA) is 90.1 Å². The van der Waals surface area contributed by atoms with E-state index in [-0.39, 0.29) is 17.7 Å². The maximum Gasteiger partial charge on any atom is 0.416 e. The minimum atomic E-state index is -4.43. The number of H-pyrrole nitrogens is 1. The molecule has 162 valence electrons. The Hall–Kier alpha value is -3.47. The Morgan fingerprint density at radius 2 is 1.81 bits per heavy atom. The van der Waals surface area contributed by atoms with Crippen molar-refractivity contribution in [1.82, 2.24) is 29.4 Å². The van der Waals surface area contributed by atoms with Crippen molar-refractivity contribution in [3.05, 3.63) is 57.4 Å². The van der Waals surface area contributed by atoms with Crippen LogP contribution < -0.4 is 5.56 Å². The highest BCUT2D eigenvalue weighted by Gasteiger charge is 2.31. The molecule has 31 heavy (non-hydrogen) atoms. The van der Waals surface area contributed by atoms with Crippen LogP contribution in [0.25, 0.3) is 28.2 Å². The Kier molecular flexibility index (Phi) is 4.92. The molecule has 1 aromatic carbocycles. The van der Waals surface area contributed by atoms with Gasteiger partial charge in [-0.05, 0) is 26.0 Å². The van der Waals surface area contributed by atoms with Crippen LogP contribution in [0, 0.1) is 13.8 Å². The summed E-state index contributed by atoms with van der Waals surface area (Å²) in [5.74, 6) is 0.745. The summed E-state index contributed by atoms with van der Waals surface area (Å²) in [6.45, 7) is 3.50. The smallest absolute Gasteiger partial charge is 0.378 e. The standard InChI is InChI=1S/C20H19F3N6O2/c1-10-15(16(28(3)26-10)12-5-7-13(8-6-12)20(21,22)23)18-25-14(9-31-4)17-19(30)24-11(2)27-29(17)18/h5-8H,9H2,1-4H3,(H,24,27,30). The maximum atomic E-state index is 13.0. The van der Waals surface area contributed by atoms with Gasteiger partial charge in [0.25, 0.3) is 5.56 Å². The van der Waals surface area contributed by atoms with Crippen LogP contribution >= 0.6 is 0 Å². The molecule has 11 heteroatoms. The number of ether oxygens (including phenoxy) is 1. The Morgan fingerprint density at radius 3 is 2.42 bits per heavy atom. The third-order valence-corrected chi connectivity index (χ3v) is 4.90. The van der Waals surface area contributed by atoms with Crippen molar-refractivity contribution in [2.75, 3.05) is 7.11 Å². The first-order valence-electron chi connectivity index (χ1n) is 9.31. The highest BCUT2D eigenvalue weighted by atomic mass is 19.4. The number of aryl methyl sites for hydroxylation is 3. The molecule has 3 aromatic heterocycles. The predicted molar refractivity (Wildman–Crippen MR) is 106 cm³/mol. The number of methoxy groups -OCH3 is 1. The first-order chi connectivity index (χ1) is 14.6. The number of fused-ring (bicyclic) bond motifs is 1. The van der Waals surface area contributed by atoms with E-state index in [0.717, 1.165) is 12.1 Å². The van der Waals surface area contributed by atoms with Crippen molar-refractivity contribution in [1.29, 1.82) is 0 Å². The van der Waals surface area contributed by atoms with Gasteiger partial charge in [0.05, 0.1) is 29.1 Å². The lowest BCUT2D eigenvalue weighted by Gasteiger charge is -2.10. The van der Waals surface area contributed by atoms with Gasteiger partial charge >= 0.3 is 6.18 Å². The molecular weight excluding hydrogens is 413 g/mol. The van der Waals surface area contributed by atoms with Crippen LogP contribution in [0.4, 0.5) is 13.2 Å². The molecular formula is C20H19F3N6O2. The molecule has 0 amide bonds. The van der Waals surface area contributed by atoms with Gasteiger partial charge in [-0.25, -0.2) is 9.50 Å². The van der Waals surface area contributed by atoms with Crippen molar-refractivity contribution < 1.29 is 17.9 Å². The average Bonchev–Trinajstić information content (AvgIpc) is 3.17. The largest absolute Gasteiger partial charge is 0.416 e. The van der Waals surface area contributed by atoms with Gasteiger partial charge in [0.1, 0.15) is 11.5 Å². The van der Waals surface area contributed by atoms with Crippen molar-refractivity contribution in [2.45, 2.75) is 26.6 Å². The number of imidazole rings is 1. The van der Waals surface area contributed by atoms with E-state index in [2.05, 4.69) is 20.2 Å². The van der Waals surface area contributed by atoms with E-state index >= 15 is 0 Å². The lowest BCUT2D eigenvalue weighted by molar-refractivity contribution is -0.137. The van der Waals surface area contributed by atoms with Crippen LogP contribution in [0.2, 0.25) is 0 Å². The molecule has 0 aliphatic heterocycles. The number of benzene rings is 1. The number of rotatable bonds is 4. The van der Waals surface area contributed by atoms with E-state index in [0.29, 0.717) is 39.9 Å². The summed E-state index contributed by atoms with van der Waals surface area (Å²) in [6.07, 6.45) is -4.43. The van der Waals surface area contributed by atoms with E-state index in [1.807, 2.05) is 0 Å². The molecule has 0 fully saturated rings. The van der Waals surface area contributed by atoms with Gasteiger partial charge in [-0.2, -0.15) is 23.4 Å². The quantitative estimate of drug-likeness (QED) is 0.535. The van der Waals surface area contributed by atoms with Gasteiger partial charge in [-0.1, -0.05) is 12.1 Å². The second-order valence-corrected chi connectivity index (χ2v) is 7.12. The van der Waals surface area contributed by atoms with Crippen LogP contribution in [-0.2, 0) is 24.6 Å². The monoisotopic (exact) mass is 432 g/mol. The Morgan fingerprint density at radius 1 is 1.13 bits per heavy atom. The van der Waals surface area contributed by atoms with Crippen LogP contribution in [-0.4, -0.2) is 36.5 Å². The van der Waals surface area contributed by atoms with Crippen LogP contribution in [0.15, 0.2) is 29.1 Å². The number of aromatic nitrogens is 6. The maximum absolute atomic E-state index is 13.0. The summed E-state index contributed by atoms with van der Waals surface area (Å²) in [5, 5.41) is 8.84. The number of halogens is 3. The summed E-state index contributed by atoms with van der Waals surface area (Å²) >= 11 is 0. The zero-order valence-corrected chi connectivity index (χ0v) is 17.2. The fourth-order valence-corrected chi connectivity index (χ4v) is 3.65.